The monoisotopic (exact) mass is 416 g/mol. The third-order valence-electron chi connectivity index (χ3n) is 3.93. The SMILES string of the molecule is C=CCC(C(C)O)C(C)O.O=C(O)C(=O)c1ccccc1.O=C(O)c1ccccc1. The van der Waals surface area contributed by atoms with Crippen LogP contribution in [0.3, 0.4) is 0 Å². The summed E-state index contributed by atoms with van der Waals surface area (Å²) in [6.45, 7) is 6.91. The maximum atomic E-state index is 10.7. The van der Waals surface area contributed by atoms with Crippen LogP contribution in [0.15, 0.2) is 73.3 Å². The van der Waals surface area contributed by atoms with Crippen LogP contribution < -0.4 is 0 Å². The number of aliphatic carboxylic acids is 1. The summed E-state index contributed by atoms with van der Waals surface area (Å²) in [4.78, 5) is 31.1. The normalized spacial score (nSPS) is 12.5. The standard InChI is InChI=1S/C8H6O3.C8H16O2.C7H6O2/c9-7(8(10)11)6-4-2-1-3-5-6;1-4-5-8(6(2)9)7(3)10;8-7(9)6-4-2-1-3-5-6/h1-5H,(H,10,11);4,6-10H,1,5H2,2-3H3;1-5H,(H,8,9). The number of Topliss-reactive ketones (excluding diaryl/α,β-unsaturated/α-hetero) is 1. The summed E-state index contributed by atoms with van der Waals surface area (Å²) in [6.07, 6.45) is 1.45. The number of aliphatic hydroxyl groups excluding tert-OH is 2. The number of rotatable bonds is 7. The predicted octanol–water partition coefficient (Wildman–Crippen LogP) is 3.28. The van der Waals surface area contributed by atoms with E-state index in [9.17, 15) is 14.4 Å². The van der Waals surface area contributed by atoms with E-state index >= 15 is 0 Å². The molecule has 7 heteroatoms. The first-order chi connectivity index (χ1) is 14.1. The molecule has 162 valence electrons. The number of hydrogen-bond donors (Lipinski definition) is 4. The average molecular weight is 416 g/mol. The van der Waals surface area contributed by atoms with Crippen molar-refractivity contribution < 1.29 is 34.8 Å². The number of aliphatic hydroxyl groups is 2. The van der Waals surface area contributed by atoms with Gasteiger partial charge in [0.15, 0.2) is 0 Å². The van der Waals surface area contributed by atoms with Gasteiger partial charge in [0.05, 0.1) is 17.8 Å². The van der Waals surface area contributed by atoms with Crippen LogP contribution in [0.2, 0.25) is 0 Å². The van der Waals surface area contributed by atoms with Crippen LogP contribution in [0.5, 0.6) is 0 Å². The van der Waals surface area contributed by atoms with Crippen molar-refractivity contribution in [1.82, 2.24) is 0 Å². The van der Waals surface area contributed by atoms with Gasteiger partial charge in [0, 0.05) is 11.5 Å². The molecular formula is C23H28O7. The zero-order valence-electron chi connectivity index (χ0n) is 17.0. The molecule has 2 rings (SSSR count). The molecule has 0 radical (unpaired) electrons. The summed E-state index contributed by atoms with van der Waals surface area (Å²) in [6, 6.07) is 16.2. The van der Waals surface area contributed by atoms with Gasteiger partial charge in [-0.25, -0.2) is 9.59 Å². The molecule has 0 saturated carbocycles. The number of benzene rings is 2. The zero-order chi connectivity index (χ0) is 23.1. The molecule has 0 saturated heterocycles. The van der Waals surface area contributed by atoms with Gasteiger partial charge in [-0.15, -0.1) is 6.58 Å². The maximum absolute atomic E-state index is 10.7. The summed E-state index contributed by atoms with van der Waals surface area (Å²) in [5.41, 5.74) is 0.539. The van der Waals surface area contributed by atoms with Crippen molar-refractivity contribution in [1.29, 1.82) is 0 Å². The molecule has 30 heavy (non-hydrogen) atoms. The summed E-state index contributed by atoms with van der Waals surface area (Å²) in [5, 5.41) is 34.9. The van der Waals surface area contributed by atoms with Gasteiger partial charge >= 0.3 is 11.9 Å². The van der Waals surface area contributed by atoms with Crippen LogP contribution in [-0.2, 0) is 4.79 Å². The van der Waals surface area contributed by atoms with E-state index < -0.39 is 29.9 Å². The van der Waals surface area contributed by atoms with Gasteiger partial charge in [-0.1, -0.05) is 54.6 Å². The van der Waals surface area contributed by atoms with Crippen LogP contribution in [-0.4, -0.2) is 50.4 Å². The average Bonchev–Trinajstić information content (AvgIpc) is 2.73. The van der Waals surface area contributed by atoms with Gasteiger partial charge in [0.25, 0.3) is 5.78 Å². The van der Waals surface area contributed by atoms with E-state index in [0.717, 1.165) is 0 Å². The highest BCUT2D eigenvalue weighted by atomic mass is 16.4. The Hall–Kier alpha value is -3.29. The van der Waals surface area contributed by atoms with Gasteiger partial charge < -0.3 is 20.4 Å². The Morgan fingerprint density at radius 2 is 1.23 bits per heavy atom. The quantitative estimate of drug-likeness (QED) is 0.309. The molecular weight excluding hydrogens is 388 g/mol. The number of hydrogen-bond acceptors (Lipinski definition) is 5. The molecule has 7 nitrogen and oxygen atoms in total. The number of carboxylic acids is 2. The lowest BCUT2D eigenvalue weighted by Crippen LogP contribution is -2.26. The smallest absolute Gasteiger partial charge is 0.377 e. The van der Waals surface area contributed by atoms with E-state index in [0.29, 0.717) is 12.0 Å². The fourth-order valence-electron chi connectivity index (χ4n) is 2.28. The van der Waals surface area contributed by atoms with Crippen molar-refractivity contribution in [2.75, 3.05) is 0 Å². The summed E-state index contributed by atoms with van der Waals surface area (Å²) in [5.74, 6) is -3.24. The topological polar surface area (TPSA) is 132 Å². The highest BCUT2D eigenvalue weighted by Gasteiger charge is 2.18. The molecule has 0 amide bonds. The third-order valence-corrected chi connectivity index (χ3v) is 3.93. The van der Waals surface area contributed by atoms with Crippen LogP contribution >= 0.6 is 0 Å². The Kier molecular flexibility index (Phi) is 13.1. The number of carboxylic acid groups (broad SMARTS) is 2. The van der Waals surface area contributed by atoms with E-state index in [-0.39, 0.29) is 11.5 Å². The summed E-state index contributed by atoms with van der Waals surface area (Å²) in [7, 11) is 0. The van der Waals surface area contributed by atoms with E-state index in [1.165, 1.54) is 12.1 Å². The van der Waals surface area contributed by atoms with Crippen molar-refractivity contribution in [2.24, 2.45) is 5.92 Å². The minimum absolute atomic E-state index is 0.0718. The lowest BCUT2D eigenvalue weighted by Gasteiger charge is -2.20. The van der Waals surface area contributed by atoms with Gasteiger partial charge in [-0.05, 0) is 32.4 Å². The van der Waals surface area contributed by atoms with Crippen LogP contribution in [0.1, 0.15) is 41.0 Å². The Morgan fingerprint density at radius 1 is 0.833 bits per heavy atom. The number of carbonyl (C=O) groups excluding carboxylic acids is 1. The van der Waals surface area contributed by atoms with Gasteiger partial charge in [-0.3, -0.25) is 4.79 Å². The molecule has 2 unspecified atom stereocenters. The molecule has 0 aliphatic carbocycles. The van der Waals surface area contributed by atoms with Crippen molar-refractivity contribution in [2.45, 2.75) is 32.5 Å². The van der Waals surface area contributed by atoms with E-state index in [1.54, 1.807) is 68.5 Å². The van der Waals surface area contributed by atoms with Gasteiger partial charge in [-0.2, -0.15) is 0 Å². The molecule has 0 bridgehead atoms. The minimum Gasteiger partial charge on any atom is -0.478 e. The second-order valence-electron chi connectivity index (χ2n) is 6.34. The highest BCUT2D eigenvalue weighted by molar-refractivity contribution is 6.39. The van der Waals surface area contributed by atoms with Crippen LogP contribution in [0, 0.1) is 5.92 Å². The molecule has 0 aliphatic rings. The van der Waals surface area contributed by atoms with Gasteiger partial charge in [0.1, 0.15) is 0 Å². The fraction of sp³-hybridized carbons (Fsp3) is 0.261. The number of ketones is 1. The van der Waals surface area contributed by atoms with Crippen molar-refractivity contribution >= 4 is 17.7 Å². The lowest BCUT2D eigenvalue weighted by atomic mass is 9.94. The highest BCUT2D eigenvalue weighted by Crippen LogP contribution is 2.13. The molecule has 2 aromatic carbocycles. The maximum Gasteiger partial charge on any atom is 0.377 e. The Morgan fingerprint density at radius 3 is 1.47 bits per heavy atom. The summed E-state index contributed by atoms with van der Waals surface area (Å²) < 4.78 is 0. The Labute approximate surface area is 175 Å². The molecule has 0 fully saturated rings. The van der Waals surface area contributed by atoms with E-state index in [2.05, 4.69) is 6.58 Å². The number of aromatic carboxylic acids is 1. The fourth-order valence-corrected chi connectivity index (χ4v) is 2.28. The molecule has 4 N–H and O–H groups in total. The van der Waals surface area contributed by atoms with Crippen molar-refractivity contribution in [3.63, 3.8) is 0 Å². The molecule has 0 aliphatic heterocycles. The minimum atomic E-state index is -1.42. The first kappa shape index (κ1) is 26.7. The van der Waals surface area contributed by atoms with Gasteiger partial charge in [0.2, 0.25) is 0 Å². The zero-order valence-corrected chi connectivity index (χ0v) is 17.0. The van der Waals surface area contributed by atoms with Crippen molar-refractivity contribution in [3.8, 4) is 0 Å². The molecule has 0 aromatic heterocycles. The predicted molar refractivity (Wildman–Crippen MR) is 113 cm³/mol. The Bertz CT molecular complexity index is 776. The molecule has 0 heterocycles. The first-order valence-corrected chi connectivity index (χ1v) is 9.19. The Balaban J connectivity index is 0.000000423. The second kappa shape index (κ2) is 14.7. The molecule has 0 spiro atoms. The van der Waals surface area contributed by atoms with Crippen molar-refractivity contribution in [3.05, 3.63) is 84.4 Å². The largest absolute Gasteiger partial charge is 0.478 e. The lowest BCUT2D eigenvalue weighted by molar-refractivity contribution is -0.131. The summed E-state index contributed by atoms with van der Waals surface area (Å²) >= 11 is 0. The second-order valence-corrected chi connectivity index (χ2v) is 6.34. The first-order valence-electron chi connectivity index (χ1n) is 9.19. The number of carbonyl (C=O) groups is 3. The van der Waals surface area contributed by atoms with Crippen LogP contribution in [0.4, 0.5) is 0 Å². The third kappa shape index (κ3) is 10.9. The van der Waals surface area contributed by atoms with Crippen LogP contribution in [0.25, 0.3) is 0 Å². The molecule has 2 aromatic rings. The molecule has 2 atom stereocenters. The van der Waals surface area contributed by atoms with E-state index in [1.807, 2.05) is 0 Å². The van der Waals surface area contributed by atoms with E-state index in [4.69, 9.17) is 20.4 Å². The number of allylic oxidation sites excluding steroid dienone is 1.